The standard InChI is InChI=1S/C33H69N5O6S4/c1-6-15-36(16-11-32(43)34-13-20-45-47-22-18-37(24-28(39)7-2)25-29(40)8-3)17-12-33(44)35-14-21-46-48-23-19-38(26-30(41)9-4)27-31(42)10-5/h28-31,39-42H,6-27H2,1-5H3,(H,34,43)(H,35,44). The molecular weight excluding hydrogens is 691 g/mol. The molecule has 0 aliphatic rings. The van der Waals surface area contributed by atoms with Crippen molar-refractivity contribution in [3.8, 4) is 0 Å². The number of amides is 2. The highest BCUT2D eigenvalue weighted by atomic mass is 33.1. The summed E-state index contributed by atoms with van der Waals surface area (Å²) in [5.74, 6) is 3.45. The van der Waals surface area contributed by atoms with Crippen molar-refractivity contribution in [2.75, 3.05) is 95.0 Å². The zero-order chi connectivity index (χ0) is 36.0. The lowest BCUT2D eigenvalue weighted by molar-refractivity contribution is -0.121. The second-order valence-electron chi connectivity index (χ2n) is 12.1. The molecule has 0 bridgehead atoms. The molecule has 0 saturated carbocycles. The Hall–Kier alpha value is 0.0600. The maximum Gasteiger partial charge on any atom is 0.221 e. The summed E-state index contributed by atoms with van der Waals surface area (Å²) in [6.45, 7) is 17.2. The summed E-state index contributed by atoms with van der Waals surface area (Å²) in [6, 6.07) is 0. The molecule has 0 fully saturated rings. The second-order valence-corrected chi connectivity index (χ2v) is 17.5. The largest absolute Gasteiger partial charge is 0.392 e. The lowest BCUT2D eigenvalue weighted by atomic mass is 10.2. The molecule has 2 amide bonds. The van der Waals surface area contributed by atoms with Crippen LogP contribution in [0.15, 0.2) is 0 Å². The van der Waals surface area contributed by atoms with Gasteiger partial charge in [-0.15, -0.1) is 0 Å². The van der Waals surface area contributed by atoms with Gasteiger partial charge in [0, 0.05) is 101 Å². The molecule has 286 valence electrons. The van der Waals surface area contributed by atoms with Crippen molar-refractivity contribution in [3.05, 3.63) is 0 Å². The van der Waals surface area contributed by atoms with Crippen LogP contribution in [-0.4, -0.2) is 166 Å². The Morgan fingerprint density at radius 2 is 0.833 bits per heavy atom. The van der Waals surface area contributed by atoms with E-state index in [0.29, 0.717) is 90.9 Å². The van der Waals surface area contributed by atoms with Crippen molar-refractivity contribution < 1.29 is 30.0 Å². The number of carbonyl (C=O) groups is 2. The van der Waals surface area contributed by atoms with Crippen molar-refractivity contribution in [1.82, 2.24) is 25.3 Å². The van der Waals surface area contributed by atoms with E-state index < -0.39 is 0 Å². The van der Waals surface area contributed by atoms with Crippen LogP contribution >= 0.6 is 43.2 Å². The summed E-state index contributed by atoms with van der Waals surface area (Å²) >= 11 is 0. The maximum absolute atomic E-state index is 12.4. The summed E-state index contributed by atoms with van der Waals surface area (Å²) in [4.78, 5) is 31.3. The second kappa shape index (κ2) is 32.9. The van der Waals surface area contributed by atoms with Crippen molar-refractivity contribution >= 4 is 55.0 Å². The molecular formula is C33H69N5O6S4. The zero-order valence-corrected chi connectivity index (χ0v) is 33.7. The highest BCUT2D eigenvalue weighted by Gasteiger charge is 2.16. The normalized spacial score (nSPS) is 14.4. The highest BCUT2D eigenvalue weighted by molar-refractivity contribution is 8.77. The molecule has 0 aromatic carbocycles. The first-order chi connectivity index (χ1) is 23.1. The smallest absolute Gasteiger partial charge is 0.221 e. The number of nitrogens with one attached hydrogen (secondary N) is 2. The van der Waals surface area contributed by atoms with Crippen LogP contribution in [0, 0.1) is 0 Å². The molecule has 15 heteroatoms. The monoisotopic (exact) mass is 759 g/mol. The molecule has 48 heavy (non-hydrogen) atoms. The Bertz CT molecular complexity index is 700. The Labute approximate surface area is 308 Å². The number of nitrogens with zero attached hydrogens (tertiary/aromatic N) is 3. The van der Waals surface area contributed by atoms with Crippen LogP contribution in [0.4, 0.5) is 0 Å². The Balaban J connectivity index is 4.09. The SMILES string of the molecule is CCCN(CCC(=O)NCCSSCCN(CC(O)CC)CC(O)CC)CCC(=O)NCCSSCCN(CC(O)CC)CC(O)CC. The quantitative estimate of drug-likeness (QED) is 0.0422. The number of hydrogen-bond donors (Lipinski definition) is 6. The third-order valence-electron chi connectivity index (χ3n) is 7.77. The Morgan fingerprint density at radius 1 is 0.500 bits per heavy atom. The molecule has 0 spiro atoms. The van der Waals surface area contributed by atoms with E-state index in [9.17, 15) is 30.0 Å². The molecule has 4 unspecified atom stereocenters. The van der Waals surface area contributed by atoms with Gasteiger partial charge >= 0.3 is 0 Å². The molecule has 0 aliphatic carbocycles. The molecule has 0 aromatic heterocycles. The van der Waals surface area contributed by atoms with Crippen molar-refractivity contribution in [1.29, 1.82) is 0 Å². The van der Waals surface area contributed by atoms with E-state index in [1.807, 2.05) is 27.7 Å². The summed E-state index contributed by atoms with van der Waals surface area (Å²) < 4.78 is 0. The van der Waals surface area contributed by atoms with Crippen LogP contribution in [0.25, 0.3) is 0 Å². The highest BCUT2D eigenvalue weighted by Crippen LogP contribution is 2.21. The van der Waals surface area contributed by atoms with Gasteiger partial charge in [-0.3, -0.25) is 19.4 Å². The van der Waals surface area contributed by atoms with Crippen LogP contribution in [0.2, 0.25) is 0 Å². The van der Waals surface area contributed by atoms with Crippen molar-refractivity contribution in [2.24, 2.45) is 0 Å². The molecule has 0 saturated heterocycles. The van der Waals surface area contributed by atoms with E-state index in [1.165, 1.54) is 0 Å². The van der Waals surface area contributed by atoms with Crippen LogP contribution in [-0.2, 0) is 9.59 Å². The number of rotatable bonds is 34. The third kappa shape index (κ3) is 28.7. The van der Waals surface area contributed by atoms with Crippen molar-refractivity contribution in [2.45, 2.75) is 104 Å². The van der Waals surface area contributed by atoms with Gasteiger partial charge in [-0.1, -0.05) is 77.8 Å². The predicted molar refractivity (Wildman–Crippen MR) is 210 cm³/mol. The summed E-state index contributed by atoms with van der Waals surface area (Å²) in [7, 11) is 6.94. The van der Waals surface area contributed by atoms with E-state index in [-0.39, 0.29) is 36.2 Å². The maximum atomic E-state index is 12.4. The fourth-order valence-corrected chi connectivity index (χ4v) is 8.47. The van der Waals surface area contributed by atoms with E-state index in [1.54, 1.807) is 43.2 Å². The average molecular weight is 760 g/mol. The molecule has 0 heterocycles. The molecule has 0 radical (unpaired) electrons. The third-order valence-corrected chi connectivity index (χ3v) is 12.5. The molecule has 0 rings (SSSR count). The molecule has 11 nitrogen and oxygen atoms in total. The first-order valence-corrected chi connectivity index (χ1v) is 23.0. The van der Waals surface area contributed by atoms with Gasteiger partial charge in [-0.05, 0) is 38.6 Å². The number of carbonyl (C=O) groups excluding carboxylic acids is 2. The van der Waals surface area contributed by atoms with E-state index in [0.717, 1.165) is 49.1 Å². The summed E-state index contributed by atoms with van der Waals surface area (Å²) in [6.07, 6.45) is 3.09. The number of hydrogen-bond acceptors (Lipinski definition) is 13. The fraction of sp³-hybridized carbons (Fsp3) is 0.939. The van der Waals surface area contributed by atoms with E-state index >= 15 is 0 Å². The minimum Gasteiger partial charge on any atom is -0.392 e. The number of aliphatic hydroxyl groups is 4. The van der Waals surface area contributed by atoms with Gasteiger partial charge in [-0.25, -0.2) is 0 Å². The lowest BCUT2D eigenvalue weighted by Gasteiger charge is -2.26. The van der Waals surface area contributed by atoms with Gasteiger partial charge in [0.25, 0.3) is 0 Å². The van der Waals surface area contributed by atoms with Crippen LogP contribution in [0.3, 0.4) is 0 Å². The summed E-state index contributed by atoms with van der Waals surface area (Å²) in [5.41, 5.74) is 0. The van der Waals surface area contributed by atoms with Crippen LogP contribution in [0.1, 0.15) is 79.6 Å². The van der Waals surface area contributed by atoms with Crippen LogP contribution in [0.5, 0.6) is 0 Å². The Kier molecular flexibility index (Phi) is 33.0. The first-order valence-electron chi connectivity index (χ1n) is 18.0. The number of aliphatic hydroxyl groups excluding tert-OH is 4. The topological polar surface area (TPSA) is 149 Å². The predicted octanol–water partition coefficient (Wildman–Crippen LogP) is 3.16. The zero-order valence-electron chi connectivity index (χ0n) is 30.4. The van der Waals surface area contributed by atoms with Crippen molar-refractivity contribution in [3.63, 3.8) is 0 Å². The summed E-state index contributed by atoms with van der Waals surface area (Å²) in [5, 5.41) is 46.0. The van der Waals surface area contributed by atoms with Gasteiger partial charge in [-0.2, -0.15) is 0 Å². The van der Waals surface area contributed by atoms with Gasteiger partial charge in [0.05, 0.1) is 24.4 Å². The van der Waals surface area contributed by atoms with Gasteiger partial charge in [0.1, 0.15) is 0 Å². The van der Waals surface area contributed by atoms with Crippen LogP contribution < -0.4 is 10.6 Å². The minimum atomic E-state index is -0.375. The van der Waals surface area contributed by atoms with E-state index in [2.05, 4.69) is 32.3 Å². The molecule has 4 atom stereocenters. The average Bonchev–Trinajstić information content (AvgIpc) is 3.07. The van der Waals surface area contributed by atoms with Gasteiger partial charge in [0.2, 0.25) is 11.8 Å². The molecule has 0 aliphatic heterocycles. The van der Waals surface area contributed by atoms with Gasteiger partial charge < -0.3 is 36.0 Å². The Morgan fingerprint density at radius 3 is 1.15 bits per heavy atom. The first kappa shape index (κ1) is 48.1. The minimum absolute atomic E-state index is 0.0279. The lowest BCUT2D eigenvalue weighted by Crippen LogP contribution is -2.39. The van der Waals surface area contributed by atoms with E-state index in [4.69, 9.17) is 0 Å². The molecule has 0 aromatic rings. The fourth-order valence-electron chi connectivity index (χ4n) is 4.60. The molecule has 6 N–H and O–H groups in total. The van der Waals surface area contributed by atoms with Gasteiger partial charge in [0.15, 0.2) is 0 Å².